The van der Waals surface area contributed by atoms with Crippen LogP contribution < -0.4 is 10.5 Å². The van der Waals surface area contributed by atoms with Crippen LogP contribution in [0.1, 0.15) is 12.5 Å². The zero-order valence-corrected chi connectivity index (χ0v) is 9.35. The summed E-state index contributed by atoms with van der Waals surface area (Å²) in [7, 11) is 0. The molecule has 2 N–H and O–H groups in total. The predicted octanol–water partition coefficient (Wildman–Crippen LogP) is 1.34. The molecule has 1 atom stereocenters. The first-order valence-corrected chi connectivity index (χ1v) is 5.46. The molecule has 1 aliphatic heterocycles. The van der Waals surface area contributed by atoms with Crippen LogP contribution in [0.25, 0.3) is 0 Å². The van der Waals surface area contributed by atoms with E-state index in [1.165, 1.54) is 5.56 Å². The summed E-state index contributed by atoms with van der Waals surface area (Å²) >= 11 is 0. The van der Waals surface area contributed by atoms with Crippen molar-refractivity contribution in [3.8, 4) is 5.75 Å². The molecule has 0 saturated carbocycles. The molecule has 1 aliphatic rings. The van der Waals surface area contributed by atoms with Crippen LogP contribution in [0, 0.1) is 0 Å². The second-order valence-corrected chi connectivity index (χ2v) is 3.73. The number of nitrogens with two attached hydrogens (primary N) is 1. The molecule has 2 rings (SSSR count). The molecule has 0 aromatic heterocycles. The van der Waals surface area contributed by atoms with Crippen LogP contribution in [0.3, 0.4) is 0 Å². The average Bonchev–Trinajstić information content (AvgIpc) is 2.73. The number of hydrogen-bond acceptors (Lipinski definition) is 4. The summed E-state index contributed by atoms with van der Waals surface area (Å²) in [6.07, 6.45) is 0.988. The third-order valence-electron chi connectivity index (χ3n) is 2.51. The largest absolute Gasteiger partial charge is 0.490 e. The van der Waals surface area contributed by atoms with E-state index in [1.807, 2.05) is 12.1 Å². The second kappa shape index (κ2) is 4.88. The van der Waals surface area contributed by atoms with Gasteiger partial charge in [0, 0.05) is 0 Å². The monoisotopic (exact) mass is 220 g/mol. The molecule has 0 amide bonds. The van der Waals surface area contributed by atoms with Crippen LogP contribution in [0.2, 0.25) is 0 Å². The number of nitrogens with zero attached hydrogens (tertiary/aromatic N) is 1. The highest BCUT2D eigenvalue weighted by atomic mass is 16.5. The van der Waals surface area contributed by atoms with E-state index in [-0.39, 0.29) is 12.1 Å². The molecule has 0 bridgehead atoms. The molecular weight excluding hydrogens is 204 g/mol. The molecule has 4 heteroatoms. The van der Waals surface area contributed by atoms with Crippen molar-refractivity contribution >= 4 is 6.02 Å². The Morgan fingerprint density at radius 2 is 2.19 bits per heavy atom. The van der Waals surface area contributed by atoms with Gasteiger partial charge in [-0.05, 0) is 24.1 Å². The lowest BCUT2D eigenvalue weighted by atomic mass is 10.2. The fraction of sp³-hybridized carbons (Fsp3) is 0.417. The van der Waals surface area contributed by atoms with Crippen molar-refractivity contribution in [2.45, 2.75) is 19.4 Å². The van der Waals surface area contributed by atoms with Crippen LogP contribution in [0.5, 0.6) is 5.75 Å². The van der Waals surface area contributed by atoms with Crippen molar-refractivity contribution in [3.05, 3.63) is 29.8 Å². The van der Waals surface area contributed by atoms with E-state index in [4.69, 9.17) is 15.2 Å². The van der Waals surface area contributed by atoms with E-state index in [1.54, 1.807) is 0 Å². The van der Waals surface area contributed by atoms with Gasteiger partial charge in [-0.2, -0.15) is 0 Å². The van der Waals surface area contributed by atoms with E-state index < -0.39 is 0 Å². The van der Waals surface area contributed by atoms with Gasteiger partial charge in [-0.1, -0.05) is 19.1 Å². The van der Waals surface area contributed by atoms with Gasteiger partial charge < -0.3 is 15.2 Å². The van der Waals surface area contributed by atoms with Gasteiger partial charge in [-0.25, -0.2) is 4.99 Å². The molecule has 1 heterocycles. The minimum atomic E-state index is -0.0501. The Morgan fingerprint density at radius 1 is 1.44 bits per heavy atom. The van der Waals surface area contributed by atoms with E-state index >= 15 is 0 Å². The number of ether oxygens (including phenoxy) is 2. The molecule has 86 valence electrons. The van der Waals surface area contributed by atoms with Crippen LogP contribution in [0.4, 0.5) is 0 Å². The van der Waals surface area contributed by atoms with Gasteiger partial charge >= 0.3 is 0 Å². The van der Waals surface area contributed by atoms with Gasteiger partial charge in [0.25, 0.3) is 6.02 Å². The number of amidine groups is 1. The Bertz CT molecular complexity index is 373. The Kier molecular flexibility index (Phi) is 3.29. The zero-order chi connectivity index (χ0) is 11.4. The number of benzene rings is 1. The highest BCUT2D eigenvalue weighted by Gasteiger charge is 2.17. The minimum Gasteiger partial charge on any atom is -0.490 e. The normalized spacial score (nSPS) is 19.1. The Balaban J connectivity index is 1.81. The molecule has 0 spiro atoms. The summed E-state index contributed by atoms with van der Waals surface area (Å²) < 4.78 is 10.8. The van der Waals surface area contributed by atoms with Crippen molar-refractivity contribution in [3.63, 3.8) is 0 Å². The van der Waals surface area contributed by atoms with Crippen LogP contribution >= 0.6 is 0 Å². The number of rotatable bonds is 4. The summed E-state index contributed by atoms with van der Waals surface area (Å²) in [5.41, 5.74) is 6.71. The standard InChI is InChI=1S/C12H16N2O2/c1-2-9-3-5-10(6-4-9)15-8-11-7-14-12(13)16-11/h3-6,11H,2,7-8H2,1H3,(H2,13,14). The van der Waals surface area contributed by atoms with Crippen molar-refractivity contribution in [2.75, 3.05) is 13.2 Å². The average molecular weight is 220 g/mol. The van der Waals surface area contributed by atoms with Crippen molar-refractivity contribution < 1.29 is 9.47 Å². The Hall–Kier alpha value is -1.71. The summed E-state index contributed by atoms with van der Waals surface area (Å²) in [6.45, 7) is 3.19. The van der Waals surface area contributed by atoms with Crippen LogP contribution in [-0.4, -0.2) is 25.3 Å². The van der Waals surface area contributed by atoms with Gasteiger partial charge in [0.05, 0.1) is 6.54 Å². The van der Waals surface area contributed by atoms with Crippen molar-refractivity contribution in [1.29, 1.82) is 0 Å². The highest BCUT2D eigenvalue weighted by molar-refractivity contribution is 5.72. The predicted molar refractivity (Wildman–Crippen MR) is 62.7 cm³/mol. The van der Waals surface area contributed by atoms with Gasteiger partial charge in [-0.15, -0.1) is 0 Å². The molecule has 0 aliphatic carbocycles. The first-order valence-electron chi connectivity index (χ1n) is 5.46. The number of hydrogen-bond donors (Lipinski definition) is 1. The van der Waals surface area contributed by atoms with E-state index in [0.29, 0.717) is 13.2 Å². The van der Waals surface area contributed by atoms with Crippen molar-refractivity contribution in [1.82, 2.24) is 0 Å². The Labute approximate surface area is 95.1 Å². The molecule has 0 radical (unpaired) electrons. The second-order valence-electron chi connectivity index (χ2n) is 3.73. The SMILES string of the molecule is CCc1ccc(OCC2CN=C(N)O2)cc1. The number of aliphatic imine (C=N–C) groups is 1. The lowest BCUT2D eigenvalue weighted by Gasteiger charge is -2.11. The topological polar surface area (TPSA) is 56.8 Å². The van der Waals surface area contributed by atoms with Gasteiger partial charge in [0.1, 0.15) is 12.4 Å². The molecule has 0 saturated heterocycles. The Morgan fingerprint density at radius 3 is 2.75 bits per heavy atom. The van der Waals surface area contributed by atoms with Crippen LogP contribution in [-0.2, 0) is 11.2 Å². The van der Waals surface area contributed by atoms with Crippen LogP contribution in [0.15, 0.2) is 29.3 Å². The maximum Gasteiger partial charge on any atom is 0.282 e. The first-order chi connectivity index (χ1) is 7.78. The fourth-order valence-electron chi connectivity index (χ4n) is 1.53. The minimum absolute atomic E-state index is 0.0501. The zero-order valence-electron chi connectivity index (χ0n) is 9.35. The third-order valence-corrected chi connectivity index (χ3v) is 2.51. The smallest absolute Gasteiger partial charge is 0.282 e. The van der Waals surface area contributed by atoms with Gasteiger partial charge in [0.2, 0.25) is 0 Å². The summed E-state index contributed by atoms with van der Waals surface area (Å²) in [5, 5.41) is 0. The molecule has 4 nitrogen and oxygen atoms in total. The van der Waals surface area contributed by atoms with E-state index in [9.17, 15) is 0 Å². The summed E-state index contributed by atoms with van der Waals surface area (Å²) in [6, 6.07) is 8.33. The molecule has 1 aromatic carbocycles. The van der Waals surface area contributed by atoms with Gasteiger partial charge in [0.15, 0.2) is 6.10 Å². The van der Waals surface area contributed by atoms with E-state index in [0.717, 1.165) is 12.2 Å². The summed E-state index contributed by atoms with van der Waals surface area (Å²) in [5.74, 6) is 0.853. The third kappa shape index (κ3) is 2.66. The lowest BCUT2D eigenvalue weighted by molar-refractivity contribution is 0.141. The first kappa shape index (κ1) is 10.8. The maximum atomic E-state index is 5.58. The van der Waals surface area contributed by atoms with E-state index in [2.05, 4.69) is 24.0 Å². The highest BCUT2D eigenvalue weighted by Crippen LogP contribution is 2.13. The molecule has 16 heavy (non-hydrogen) atoms. The van der Waals surface area contributed by atoms with Gasteiger partial charge in [-0.3, -0.25) is 0 Å². The molecular formula is C12H16N2O2. The van der Waals surface area contributed by atoms with Crippen molar-refractivity contribution in [2.24, 2.45) is 10.7 Å². The summed E-state index contributed by atoms with van der Waals surface area (Å²) in [4.78, 5) is 3.95. The fourth-order valence-corrected chi connectivity index (χ4v) is 1.53. The molecule has 1 aromatic rings. The number of aryl methyl sites for hydroxylation is 1. The molecule has 1 unspecified atom stereocenters. The lowest BCUT2D eigenvalue weighted by Crippen LogP contribution is -2.24. The maximum absolute atomic E-state index is 5.58. The molecule has 0 fully saturated rings. The quantitative estimate of drug-likeness (QED) is 0.833.